The number of carbonyl (C=O) groups excluding carboxylic acids is 1. The Labute approximate surface area is 123 Å². The zero-order valence-corrected chi connectivity index (χ0v) is 12.3. The fraction of sp³-hybridized carbons (Fsp3) is 0.400. The smallest absolute Gasteiger partial charge is 0.254 e. The second-order valence-electron chi connectivity index (χ2n) is 5.00. The van der Waals surface area contributed by atoms with Crippen LogP contribution in [0.2, 0.25) is 0 Å². The molecule has 0 aromatic carbocycles. The molecule has 2 aromatic heterocycles. The van der Waals surface area contributed by atoms with Crippen molar-refractivity contribution in [2.45, 2.75) is 32.7 Å². The van der Waals surface area contributed by atoms with Crippen LogP contribution in [0, 0.1) is 6.92 Å². The van der Waals surface area contributed by atoms with Crippen molar-refractivity contribution in [3.05, 3.63) is 42.0 Å². The van der Waals surface area contributed by atoms with E-state index in [9.17, 15) is 4.79 Å². The van der Waals surface area contributed by atoms with Crippen LogP contribution < -0.4 is 5.32 Å². The van der Waals surface area contributed by atoms with Gasteiger partial charge in [0.15, 0.2) is 0 Å². The maximum absolute atomic E-state index is 12.2. The van der Waals surface area contributed by atoms with Gasteiger partial charge in [0, 0.05) is 25.0 Å². The highest BCUT2D eigenvalue weighted by Gasteiger charge is 2.16. The molecule has 0 aliphatic rings. The molecule has 0 saturated carbocycles. The quantitative estimate of drug-likeness (QED) is 0.843. The fourth-order valence-corrected chi connectivity index (χ4v) is 2.15. The van der Waals surface area contributed by atoms with Crippen LogP contribution >= 0.6 is 0 Å². The molecule has 6 nitrogen and oxygen atoms in total. The summed E-state index contributed by atoms with van der Waals surface area (Å²) in [5.74, 6) is -0.141. The number of pyridine rings is 1. The van der Waals surface area contributed by atoms with Crippen LogP contribution in [0.5, 0.6) is 0 Å². The Hall–Kier alpha value is -2.21. The SMILES string of the molecule is Cc1c(C(=O)NC(C)CCCO)cnn1-c1ccncc1. The van der Waals surface area contributed by atoms with Gasteiger partial charge in [0.2, 0.25) is 0 Å². The molecule has 2 heterocycles. The molecular weight excluding hydrogens is 268 g/mol. The first-order valence-electron chi connectivity index (χ1n) is 7.00. The Morgan fingerprint density at radius 2 is 2.14 bits per heavy atom. The highest BCUT2D eigenvalue weighted by Crippen LogP contribution is 2.13. The summed E-state index contributed by atoms with van der Waals surface area (Å²) < 4.78 is 1.72. The number of rotatable bonds is 6. The van der Waals surface area contributed by atoms with Crippen molar-refractivity contribution in [1.29, 1.82) is 0 Å². The Morgan fingerprint density at radius 3 is 2.81 bits per heavy atom. The summed E-state index contributed by atoms with van der Waals surface area (Å²) in [6.07, 6.45) is 6.38. The largest absolute Gasteiger partial charge is 0.396 e. The molecule has 0 spiro atoms. The highest BCUT2D eigenvalue weighted by atomic mass is 16.3. The molecule has 6 heteroatoms. The topological polar surface area (TPSA) is 80.0 Å². The molecule has 0 aliphatic heterocycles. The number of aromatic nitrogens is 3. The molecule has 0 aliphatic carbocycles. The summed E-state index contributed by atoms with van der Waals surface area (Å²) in [4.78, 5) is 16.2. The fourth-order valence-electron chi connectivity index (χ4n) is 2.15. The molecule has 2 aromatic rings. The number of nitrogens with one attached hydrogen (secondary N) is 1. The summed E-state index contributed by atoms with van der Waals surface area (Å²) in [5.41, 5.74) is 2.21. The highest BCUT2D eigenvalue weighted by molar-refractivity contribution is 5.95. The molecule has 1 atom stereocenters. The van der Waals surface area contributed by atoms with E-state index in [0.717, 1.165) is 17.8 Å². The third-order valence-electron chi connectivity index (χ3n) is 3.33. The molecule has 2 rings (SSSR count). The first-order chi connectivity index (χ1) is 10.1. The van der Waals surface area contributed by atoms with Crippen molar-refractivity contribution in [2.75, 3.05) is 6.61 Å². The van der Waals surface area contributed by atoms with E-state index in [0.29, 0.717) is 12.0 Å². The Bertz CT molecular complexity index is 595. The predicted octanol–water partition coefficient (Wildman–Crippen LogP) is 1.47. The van der Waals surface area contributed by atoms with Crippen LogP contribution in [0.4, 0.5) is 0 Å². The lowest BCUT2D eigenvalue weighted by Crippen LogP contribution is -2.32. The van der Waals surface area contributed by atoms with Gasteiger partial charge in [0.1, 0.15) is 0 Å². The van der Waals surface area contributed by atoms with Gasteiger partial charge in [-0.3, -0.25) is 9.78 Å². The van der Waals surface area contributed by atoms with Gasteiger partial charge in [-0.15, -0.1) is 0 Å². The number of hydrogen-bond acceptors (Lipinski definition) is 4. The van der Waals surface area contributed by atoms with E-state index >= 15 is 0 Å². The number of nitrogens with zero attached hydrogens (tertiary/aromatic N) is 3. The number of hydrogen-bond donors (Lipinski definition) is 2. The van der Waals surface area contributed by atoms with E-state index < -0.39 is 0 Å². The number of aliphatic hydroxyl groups is 1. The maximum Gasteiger partial charge on any atom is 0.254 e. The average molecular weight is 288 g/mol. The lowest BCUT2D eigenvalue weighted by atomic mass is 10.1. The summed E-state index contributed by atoms with van der Waals surface area (Å²) in [7, 11) is 0. The van der Waals surface area contributed by atoms with E-state index in [4.69, 9.17) is 5.11 Å². The third-order valence-corrected chi connectivity index (χ3v) is 3.33. The van der Waals surface area contributed by atoms with E-state index in [1.54, 1.807) is 23.3 Å². The zero-order valence-electron chi connectivity index (χ0n) is 12.3. The molecule has 0 saturated heterocycles. The van der Waals surface area contributed by atoms with Crippen LogP contribution in [-0.2, 0) is 0 Å². The molecule has 0 radical (unpaired) electrons. The summed E-state index contributed by atoms with van der Waals surface area (Å²) in [6, 6.07) is 3.70. The summed E-state index contributed by atoms with van der Waals surface area (Å²) in [6.45, 7) is 3.93. The summed E-state index contributed by atoms with van der Waals surface area (Å²) in [5, 5.41) is 16.0. The summed E-state index contributed by atoms with van der Waals surface area (Å²) >= 11 is 0. The number of aliphatic hydroxyl groups excluding tert-OH is 1. The van der Waals surface area contributed by atoms with Crippen molar-refractivity contribution < 1.29 is 9.90 Å². The van der Waals surface area contributed by atoms with E-state index in [2.05, 4.69) is 15.4 Å². The lowest BCUT2D eigenvalue weighted by molar-refractivity contribution is 0.0936. The minimum atomic E-state index is -0.141. The van der Waals surface area contributed by atoms with Gasteiger partial charge in [-0.05, 0) is 38.8 Å². The third kappa shape index (κ3) is 3.66. The van der Waals surface area contributed by atoms with Gasteiger partial charge in [0.25, 0.3) is 5.91 Å². The molecule has 1 unspecified atom stereocenters. The molecule has 0 fully saturated rings. The second-order valence-corrected chi connectivity index (χ2v) is 5.00. The Balaban J connectivity index is 2.11. The lowest BCUT2D eigenvalue weighted by Gasteiger charge is -2.13. The molecule has 0 bridgehead atoms. The van der Waals surface area contributed by atoms with Crippen LogP contribution in [0.15, 0.2) is 30.7 Å². The van der Waals surface area contributed by atoms with Crippen molar-refractivity contribution in [3.8, 4) is 5.69 Å². The van der Waals surface area contributed by atoms with Crippen molar-refractivity contribution >= 4 is 5.91 Å². The monoisotopic (exact) mass is 288 g/mol. The van der Waals surface area contributed by atoms with Crippen molar-refractivity contribution in [2.24, 2.45) is 0 Å². The van der Waals surface area contributed by atoms with E-state index in [1.165, 1.54) is 0 Å². The maximum atomic E-state index is 12.2. The van der Waals surface area contributed by atoms with Crippen molar-refractivity contribution in [3.63, 3.8) is 0 Å². The van der Waals surface area contributed by atoms with Gasteiger partial charge in [-0.25, -0.2) is 4.68 Å². The molecule has 112 valence electrons. The van der Waals surface area contributed by atoms with Gasteiger partial charge >= 0.3 is 0 Å². The zero-order chi connectivity index (χ0) is 15.2. The molecule has 21 heavy (non-hydrogen) atoms. The predicted molar refractivity (Wildman–Crippen MR) is 79.3 cm³/mol. The Kier molecular flexibility index (Phi) is 5.05. The first kappa shape index (κ1) is 15.2. The molecule has 1 amide bonds. The normalized spacial score (nSPS) is 12.1. The standard InChI is InChI=1S/C15H20N4O2/c1-11(4-3-9-20)18-15(21)14-10-17-19(12(14)2)13-5-7-16-8-6-13/h5-8,10-11,20H,3-4,9H2,1-2H3,(H,18,21). The number of amides is 1. The number of carbonyl (C=O) groups is 1. The van der Waals surface area contributed by atoms with Gasteiger partial charge in [-0.2, -0.15) is 5.10 Å². The Morgan fingerprint density at radius 1 is 1.43 bits per heavy atom. The van der Waals surface area contributed by atoms with E-state index in [-0.39, 0.29) is 18.6 Å². The first-order valence-corrected chi connectivity index (χ1v) is 7.00. The van der Waals surface area contributed by atoms with Gasteiger partial charge in [-0.1, -0.05) is 0 Å². The molecular formula is C15H20N4O2. The molecule has 2 N–H and O–H groups in total. The minimum absolute atomic E-state index is 0.0216. The van der Waals surface area contributed by atoms with Gasteiger partial charge in [0.05, 0.1) is 23.1 Å². The van der Waals surface area contributed by atoms with Gasteiger partial charge < -0.3 is 10.4 Å². The van der Waals surface area contributed by atoms with Crippen LogP contribution in [0.25, 0.3) is 5.69 Å². The van der Waals surface area contributed by atoms with Crippen LogP contribution in [0.1, 0.15) is 35.8 Å². The van der Waals surface area contributed by atoms with Crippen molar-refractivity contribution in [1.82, 2.24) is 20.1 Å². The minimum Gasteiger partial charge on any atom is -0.396 e. The van der Waals surface area contributed by atoms with E-state index in [1.807, 2.05) is 26.0 Å². The van der Waals surface area contributed by atoms with Crippen LogP contribution in [0.3, 0.4) is 0 Å². The van der Waals surface area contributed by atoms with Crippen LogP contribution in [-0.4, -0.2) is 38.4 Å². The second kappa shape index (κ2) is 6.99. The average Bonchev–Trinajstić information content (AvgIpc) is 2.87.